The fraction of sp³-hybridized carbons (Fsp3) is 0.400. The first-order valence-electron chi connectivity index (χ1n) is 11.3. The van der Waals surface area contributed by atoms with Gasteiger partial charge in [-0.1, -0.05) is 56.1 Å². The SMILES string of the molecule is CCc1ccccc1NC(=O)CSc1nnc(-c2ccc(OC)cc2)n1C1CCCCC1. The lowest BCUT2D eigenvalue weighted by Gasteiger charge is -2.25. The van der Waals surface area contributed by atoms with Crippen molar-refractivity contribution in [3.63, 3.8) is 0 Å². The molecule has 0 unspecified atom stereocenters. The van der Waals surface area contributed by atoms with Crippen LogP contribution in [0.3, 0.4) is 0 Å². The lowest BCUT2D eigenvalue weighted by Crippen LogP contribution is -2.18. The van der Waals surface area contributed by atoms with E-state index in [0.29, 0.717) is 11.8 Å². The molecule has 0 aliphatic heterocycles. The van der Waals surface area contributed by atoms with Crippen molar-refractivity contribution in [1.82, 2.24) is 14.8 Å². The van der Waals surface area contributed by atoms with Gasteiger partial charge in [-0.15, -0.1) is 10.2 Å². The Kier molecular flexibility index (Phi) is 7.47. The van der Waals surface area contributed by atoms with Crippen LogP contribution in [0.25, 0.3) is 11.4 Å². The Bertz CT molecular complexity index is 1040. The molecule has 168 valence electrons. The van der Waals surface area contributed by atoms with Crippen LogP contribution in [0.4, 0.5) is 5.69 Å². The number of amides is 1. The van der Waals surface area contributed by atoms with E-state index in [9.17, 15) is 4.79 Å². The zero-order valence-electron chi connectivity index (χ0n) is 18.7. The maximum atomic E-state index is 12.7. The molecule has 0 saturated heterocycles. The maximum absolute atomic E-state index is 12.7. The minimum atomic E-state index is -0.0277. The third-order valence-electron chi connectivity index (χ3n) is 5.96. The largest absolute Gasteiger partial charge is 0.497 e. The molecule has 1 fully saturated rings. The summed E-state index contributed by atoms with van der Waals surface area (Å²) < 4.78 is 7.54. The zero-order valence-corrected chi connectivity index (χ0v) is 19.5. The fourth-order valence-electron chi connectivity index (χ4n) is 4.25. The summed E-state index contributed by atoms with van der Waals surface area (Å²) in [5, 5.41) is 12.9. The number of carbonyl (C=O) groups is 1. The van der Waals surface area contributed by atoms with Crippen LogP contribution in [-0.4, -0.2) is 33.5 Å². The molecule has 1 aliphatic carbocycles. The summed E-state index contributed by atoms with van der Waals surface area (Å²) in [6.45, 7) is 2.09. The Morgan fingerprint density at radius 2 is 1.84 bits per heavy atom. The van der Waals surface area contributed by atoms with Gasteiger partial charge in [0.15, 0.2) is 11.0 Å². The second-order valence-electron chi connectivity index (χ2n) is 8.04. The molecule has 1 N–H and O–H groups in total. The molecule has 6 nitrogen and oxygen atoms in total. The predicted molar refractivity (Wildman–Crippen MR) is 129 cm³/mol. The van der Waals surface area contributed by atoms with Crippen molar-refractivity contribution in [3.8, 4) is 17.1 Å². The summed E-state index contributed by atoms with van der Waals surface area (Å²) in [4.78, 5) is 12.7. The van der Waals surface area contributed by atoms with Crippen molar-refractivity contribution in [2.75, 3.05) is 18.2 Å². The van der Waals surface area contributed by atoms with E-state index >= 15 is 0 Å². The van der Waals surface area contributed by atoms with Crippen LogP contribution in [0.5, 0.6) is 5.75 Å². The number of methoxy groups -OCH3 is 1. The highest BCUT2D eigenvalue weighted by Gasteiger charge is 2.24. The molecule has 0 radical (unpaired) electrons. The first-order valence-corrected chi connectivity index (χ1v) is 12.3. The topological polar surface area (TPSA) is 69.0 Å². The molecule has 0 spiro atoms. The van der Waals surface area contributed by atoms with Crippen molar-refractivity contribution in [2.45, 2.75) is 56.6 Å². The highest BCUT2D eigenvalue weighted by Crippen LogP contribution is 2.36. The van der Waals surface area contributed by atoms with Crippen LogP contribution in [0.1, 0.15) is 50.6 Å². The van der Waals surface area contributed by atoms with E-state index in [1.165, 1.54) is 31.0 Å². The number of hydrogen-bond donors (Lipinski definition) is 1. The Balaban J connectivity index is 1.53. The second kappa shape index (κ2) is 10.7. The van der Waals surface area contributed by atoms with Crippen molar-refractivity contribution < 1.29 is 9.53 Å². The Morgan fingerprint density at radius 1 is 1.09 bits per heavy atom. The number of nitrogens with one attached hydrogen (secondary N) is 1. The number of hydrogen-bond acceptors (Lipinski definition) is 5. The molecule has 1 saturated carbocycles. The summed E-state index contributed by atoms with van der Waals surface area (Å²) >= 11 is 1.46. The van der Waals surface area contributed by atoms with Gasteiger partial charge in [-0.25, -0.2) is 0 Å². The van der Waals surface area contributed by atoms with Crippen molar-refractivity contribution in [2.24, 2.45) is 0 Å². The molecular formula is C25H30N4O2S. The predicted octanol–water partition coefficient (Wildman–Crippen LogP) is 5.75. The van der Waals surface area contributed by atoms with Crippen LogP contribution in [0.15, 0.2) is 53.7 Å². The van der Waals surface area contributed by atoms with Gasteiger partial charge in [0.2, 0.25) is 5.91 Å². The smallest absolute Gasteiger partial charge is 0.234 e. The Hall–Kier alpha value is -2.80. The summed E-state index contributed by atoms with van der Waals surface area (Å²) in [7, 11) is 1.66. The van der Waals surface area contributed by atoms with Crippen LogP contribution in [0, 0.1) is 0 Å². The number of carbonyl (C=O) groups excluding carboxylic acids is 1. The van der Waals surface area contributed by atoms with Gasteiger partial charge in [-0.2, -0.15) is 0 Å². The number of ether oxygens (including phenoxy) is 1. The number of rotatable bonds is 8. The Labute approximate surface area is 193 Å². The van der Waals surface area contributed by atoms with E-state index in [2.05, 4.69) is 27.0 Å². The van der Waals surface area contributed by atoms with Crippen molar-refractivity contribution in [1.29, 1.82) is 0 Å². The molecular weight excluding hydrogens is 420 g/mol. The lowest BCUT2D eigenvalue weighted by atomic mass is 9.95. The lowest BCUT2D eigenvalue weighted by molar-refractivity contribution is -0.113. The minimum absolute atomic E-state index is 0.0277. The molecule has 4 rings (SSSR count). The first-order chi connectivity index (χ1) is 15.7. The molecule has 1 amide bonds. The Morgan fingerprint density at radius 3 is 2.56 bits per heavy atom. The number of benzene rings is 2. The summed E-state index contributed by atoms with van der Waals surface area (Å²) in [5.41, 5.74) is 3.03. The number of thioether (sulfide) groups is 1. The van der Waals surface area contributed by atoms with Crippen LogP contribution >= 0.6 is 11.8 Å². The number of aromatic nitrogens is 3. The van der Waals surface area contributed by atoms with Crippen molar-refractivity contribution in [3.05, 3.63) is 54.1 Å². The second-order valence-corrected chi connectivity index (χ2v) is 8.99. The summed E-state index contributed by atoms with van der Waals surface area (Å²) in [6.07, 6.45) is 6.81. The normalized spacial score (nSPS) is 14.3. The van der Waals surface area contributed by atoms with E-state index in [0.717, 1.165) is 52.8 Å². The quantitative estimate of drug-likeness (QED) is 0.442. The molecule has 0 bridgehead atoms. The maximum Gasteiger partial charge on any atom is 0.234 e. The molecule has 1 heterocycles. The minimum Gasteiger partial charge on any atom is -0.497 e. The van der Waals surface area contributed by atoms with Gasteiger partial charge < -0.3 is 10.1 Å². The molecule has 0 atom stereocenters. The van der Waals surface area contributed by atoms with Gasteiger partial charge >= 0.3 is 0 Å². The molecule has 7 heteroatoms. The first kappa shape index (κ1) is 22.4. The molecule has 1 aliphatic rings. The van der Waals surface area contributed by atoms with Gasteiger partial charge in [0.25, 0.3) is 0 Å². The number of aryl methyl sites for hydroxylation is 1. The van der Waals surface area contributed by atoms with Crippen LogP contribution in [0.2, 0.25) is 0 Å². The fourth-order valence-corrected chi connectivity index (χ4v) is 5.05. The van der Waals surface area contributed by atoms with E-state index in [1.807, 2.05) is 48.5 Å². The van der Waals surface area contributed by atoms with E-state index in [1.54, 1.807) is 7.11 Å². The zero-order chi connectivity index (χ0) is 22.3. The molecule has 32 heavy (non-hydrogen) atoms. The van der Waals surface area contributed by atoms with Gasteiger partial charge in [-0.3, -0.25) is 9.36 Å². The van der Waals surface area contributed by atoms with Crippen LogP contribution < -0.4 is 10.1 Å². The van der Waals surface area contributed by atoms with E-state index in [-0.39, 0.29) is 5.91 Å². The van der Waals surface area contributed by atoms with Gasteiger partial charge in [0, 0.05) is 17.3 Å². The third kappa shape index (κ3) is 5.15. The average molecular weight is 451 g/mol. The highest BCUT2D eigenvalue weighted by atomic mass is 32.2. The highest BCUT2D eigenvalue weighted by molar-refractivity contribution is 7.99. The average Bonchev–Trinajstić information content (AvgIpc) is 3.27. The van der Waals surface area contributed by atoms with Crippen molar-refractivity contribution >= 4 is 23.4 Å². The van der Waals surface area contributed by atoms with Crippen LogP contribution in [-0.2, 0) is 11.2 Å². The molecule has 3 aromatic rings. The van der Waals surface area contributed by atoms with Gasteiger partial charge in [-0.05, 0) is 55.2 Å². The number of nitrogens with zero attached hydrogens (tertiary/aromatic N) is 3. The van der Waals surface area contributed by atoms with Gasteiger partial charge in [0.05, 0.1) is 12.9 Å². The number of anilines is 1. The van der Waals surface area contributed by atoms with E-state index < -0.39 is 0 Å². The number of para-hydroxylation sites is 1. The summed E-state index contributed by atoms with van der Waals surface area (Å²) in [5.74, 6) is 1.95. The third-order valence-corrected chi connectivity index (χ3v) is 6.90. The molecule has 1 aromatic heterocycles. The van der Waals surface area contributed by atoms with E-state index in [4.69, 9.17) is 4.74 Å². The summed E-state index contributed by atoms with van der Waals surface area (Å²) in [6, 6.07) is 16.2. The standard InChI is InChI=1S/C25H30N4O2S/c1-3-18-9-7-8-12-22(18)26-23(30)17-32-25-28-27-24(19-13-15-21(31-2)16-14-19)29(25)20-10-5-4-6-11-20/h7-9,12-16,20H,3-6,10-11,17H2,1-2H3,(H,26,30). The van der Waals surface area contributed by atoms with Gasteiger partial charge in [0.1, 0.15) is 5.75 Å². The monoisotopic (exact) mass is 450 g/mol. The molecule has 2 aromatic carbocycles.